The van der Waals surface area contributed by atoms with E-state index >= 15 is 0 Å². The number of halogens is 5. The third kappa shape index (κ3) is 5.54. The molecule has 0 aliphatic carbocycles. The van der Waals surface area contributed by atoms with Crippen LogP contribution in [-0.2, 0) is 11.2 Å². The van der Waals surface area contributed by atoms with Crippen LogP contribution in [0, 0.1) is 0 Å². The van der Waals surface area contributed by atoms with Gasteiger partial charge in [0.2, 0.25) is 0 Å². The van der Waals surface area contributed by atoms with Gasteiger partial charge in [-0.1, -0.05) is 0 Å². The number of rotatable bonds is 5. The SMILES string of the molecule is CC(=O)Cc1cc(OC(F)(F)F)ccc1OC(F)F. The highest BCUT2D eigenvalue weighted by molar-refractivity contribution is 5.79. The summed E-state index contributed by atoms with van der Waals surface area (Å²) in [4.78, 5) is 10.9. The molecule has 19 heavy (non-hydrogen) atoms. The largest absolute Gasteiger partial charge is 0.573 e. The fourth-order valence-corrected chi connectivity index (χ4v) is 1.37. The van der Waals surface area contributed by atoms with Crippen molar-refractivity contribution in [2.75, 3.05) is 0 Å². The van der Waals surface area contributed by atoms with Crippen LogP contribution >= 0.6 is 0 Å². The molecule has 1 aromatic rings. The molecule has 0 aromatic heterocycles. The lowest BCUT2D eigenvalue weighted by Gasteiger charge is -2.13. The van der Waals surface area contributed by atoms with E-state index in [0.717, 1.165) is 18.2 Å². The summed E-state index contributed by atoms with van der Waals surface area (Å²) in [5.74, 6) is -1.38. The van der Waals surface area contributed by atoms with Gasteiger partial charge in [-0.15, -0.1) is 13.2 Å². The predicted octanol–water partition coefficient (Wildman–Crippen LogP) is 3.32. The molecule has 0 amide bonds. The highest BCUT2D eigenvalue weighted by Gasteiger charge is 2.31. The average molecular weight is 284 g/mol. The number of carbonyl (C=O) groups excluding carboxylic acids is 1. The third-order valence-corrected chi connectivity index (χ3v) is 1.92. The molecule has 1 aromatic carbocycles. The van der Waals surface area contributed by atoms with Crippen LogP contribution in [0.5, 0.6) is 11.5 Å². The van der Waals surface area contributed by atoms with Crippen LogP contribution in [0.4, 0.5) is 22.0 Å². The second-order valence-electron chi connectivity index (χ2n) is 3.57. The van der Waals surface area contributed by atoms with Gasteiger partial charge in [0.1, 0.15) is 17.3 Å². The Morgan fingerprint density at radius 1 is 1.32 bits per heavy atom. The van der Waals surface area contributed by atoms with E-state index in [-0.39, 0.29) is 17.7 Å². The summed E-state index contributed by atoms with van der Waals surface area (Å²) >= 11 is 0. The molecule has 0 heterocycles. The topological polar surface area (TPSA) is 35.5 Å². The van der Waals surface area contributed by atoms with Gasteiger partial charge >= 0.3 is 13.0 Å². The maximum atomic E-state index is 12.1. The lowest BCUT2D eigenvalue weighted by atomic mass is 10.1. The molecule has 0 aliphatic rings. The van der Waals surface area contributed by atoms with Crippen LogP contribution in [0.3, 0.4) is 0 Å². The Labute approximate surface area is 104 Å². The number of hydrogen-bond donors (Lipinski definition) is 0. The summed E-state index contributed by atoms with van der Waals surface area (Å²) < 4.78 is 67.9. The maximum absolute atomic E-state index is 12.1. The van der Waals surface area contributed by atoms with E-state index < -0.39 is 24.5 Å². The van der Waals surface area contributed by atoms with Crippen molar-refractivity contribution in [3.63, 3.8) is 0 Å². The maximum Gasteiger partial charge on any atom is 0.573 e. The Morgan fingerprint density at radius 3 is 2.42 bits per heavy atom. The zero-order valence-corrected chi connectivity index (χ0v) is 9.63. The van der Waals surface area contributed by atoms with E-state index in [4.69, 9.17) is 0 Å². The van der Waals surface area contributed by atoms with Gasteiger partial charge in [-0.25, -0.2) is 0 Å². The minimum atomic E-state index is -4.90. The van der Waals surface area contributed by atoms with Crippen molar-refractivity contribution in [1.82, 2.24) is 0 Å². The molecule has 106 valence electrons. The number of hydrogen-bond acceptors (Lipinski definition) is 3. The molecule has 0 aliphatic heterocycles. The molecule has 0 radical (unpaired) electrons. The van der Waals surface area contributed by atoms with E-state index in [1.165, 1.54) is 6.92 Å². The van der Waals surface area contributed by atoms with Crippen molar-refractivity contribution < 1.29 is 36.2 Å². The second kappa shape index (κ2) is 5.85. The van der Waals surface area contributed by atoms with E-state index in [9.17, 15) is 26.7 Å². The highest BCUT2D eigenvalue weighted by Crippen LogP contribution is 2.29. The van der Waals surface area contributed by atoms with Crippen LogP contribution in [0.15, 0.2) is 18.2 Å². The van der Waals surface area contributed by atoms with Crippen LogP contribution in [0.1, 0.15) is 12.5 Å². The van der Waals surface area contributed by atoms with Gasteiger partial charge in [-0.2, -0.15) is 8.78 Å². The molecule has 0 fully saturated rings. The summed E-state index contributed by atoms with van der Waals surface area (Å²) in [6.07, 6.45) is -5.24. The minimum Gasteiger partial charge on any atom is -0.435 e. The first-order chi connectivity index (χ1) is 8.67. The molecule has 0 unspecified atom stereocenters. The minimum absolute atomic E-state index is 0.102. The molecular formula is C11H9F5O3. The summed E-state index contributed by atoms with van der Waals surface area (Å²) in [7, 11) is 0. The number of Topliss-reactive ketones (excluding diaryl/α,β-unsaturated/α-hetero) is 1. The average Bonchev–Trinajstić information content (AvgIpc) is 2.18. The van der Waals surface area contributed by atoms with Gasteiger partial charge in [0.05, 0.1) is 0 Å². The monoisotopic (exact) mass is 284 g/mol. The van der Waals surface area contributed by atoms with Crippen molar-refractivity contribution in [3.8, 4) is 11.5 Å². The Balaban J connectivity index is 3.03. The third-order valence-electron chi connectivity index (χ3n) is 1.92. The molecule has 0 N–H and O–H groups in total. The summed E-state index contributed by atoms with van der Waals surface area (Å²) in [6.45, 7) is -1.97. The smallest absolute Gasteiger partial charge is 0.435 e. The molecule has 3 nitrogen and oxygen atoms in total. The quantitative estimate of drug-likeness (QED) is 0.778. The predicted molar refractivity (Wildman–Crippen MR) is 54.1 cm³/mol. The van der Waals surface area contributed by atoms with Crippen molar-refractivity contribution in [1.29, 1.82) is 0 Å². The number of benzene rings is 1. The van der Waals surface area contributed by atoms with Crippen molar-refractivity contribution in [3.05, 3.63) is 23.8 Å². The molecule has 0 saturated carbocycles. The molecule has 0 saturated heterocycles. The molecule has 0 bridgehead atoms. The van der Waals surface area contributed by atoms with Gasteiger partial charge in [-0.05, 0) is 25.1 Å². The summed E-state index contributed by atoms with van der Waals surface area (Å²) in [5, 5.41) is 0. The van der Waals surface area contributed by atoms with Crippen molar-refractivity contribution in [2.45, 2.75) is 26.3 Å². The van der Waals surface area contributed by atoms with Crippen molar-refractivity contribution >= 4 is 5.78 Å². The first kappa shape index (κ1) is 15.2. The van der Waals surface area contributed by atoms with Crippen LogP contribution in [0.2, 0.25) is 0 Å². The normalized spacial score (nSPS) is 11.5. The highest BCUT2D eigenvalue weighted by atomic mass is 19.4. The Hall–Kier alpha value is -1.86. The van der Waals surface area contributed by atoms with Crippen molar-refractivity contribution in [2.24, 2.45) is 0 Å². The van der Waals surface area contributed by atoms with Crippen LogP contribution in [0.25, 0.3) is 0 Å². The Morgan fingerprint density at radius 2 is 1.95 bits per heavy atom. The fraction of sp³-hybridized carbons (Fsp3) is 0.364. The number of carbonyl (C=O) groups is 1. The molecule has 1 rings (SSSR count). The molecule has 0 spiro atoms. The van der Waals surface area contributed by atoms with E-state index in [1.54, 1.807) is 0 Å². The van der Waals surface area contributed by atoms with Gasteiger partial charge in [-0.3, -0.25) is 4.79 Å². The van der Waals surface area contributed by atoms with Gasteiger partial charge in [0.25, 0.3) is 0 Å². The van der Waals surface area contributed by atoms with E-state index in [2.05, 4.69) is 9.47 Å². The van der Waals surface area contributed by atoms with Gasteiger partial charge in [0, 0.05) is 12.0 Å². The lowest BCUT2D eigenvalue weighted by Crippen LogP contribution is -2.17. The zero-order valence-electron chi connectivity index (χ0n) is 9.63. The van der Waals surface area contributed by atoms with E-state index in [1.807, 2.05) is 0 Å². The molecule has 8 heteroatoms. The van der Waals surface area contributed by atoms with Gasteiger partial charge in [0.15, 0.2) is 0 Å². The number of ether oxygens (including phenoxy) is 2. The lowest BCUT2D eigenvalue weighted by molar-refractivity contribution is -0.274. The molecule has 0 atom stereocenters. The van der Waals surface area contributed by atoms with E-state index in [0.29, 0.717) is 0 Å². The zero-order chi connectivity index (χ0) is 14.6. The summed E-state index contributed by atoms with van der Waals surface area (Å²) in [6, 6.07) is 2.56. The Kier molecular flexibility index (Phi) is 4.68. The summed E-state index contributed by atoms with van der Waals surface area (Å²) in [5.41, 5.74) is -0.102. The standard InChI is InChI=1S/C11H9F5O3/c1-6(17)4-7-5-8(19-11(14,15)16)2-3-9(7)18-10(12)13/h2-3,5,10H,4H2,1H3. The number of ketones is 1. The fourth-order valence-electron chi connectivity index (χ4n) is 1.37. The van der Waals surface area contributed by atoms with Crippen LogP contribution < -0.4 is 9.47 Å². The second-order valence-corrected chi connectivity index (χ2v) is 3.57. The van der Waals surface area contributed by atoms with Gasteiger partial charge < -0.3 is 9.47 Å². The number of alkyl halides is 5. The first-order valence-corrected chi connectivity index (χ1v) is 5.00. The first-order valence-electron chi connectivity index (χ1n) is 5.00. The molecular weight excluding hydrogens is 275 g/mol. The van der Waals surface area contributed by atoms with Crippen LogP contribution in [-0.4, -0.2) is 18.8 Å². The Bertz CT molecular complexity index is 456.